The topological polar surface area (TPSA) is 79.4 Å². The van der Waals surface area contributed by atoms with E-state index in [4.69, 9.17) is 32.4 Å². The summed E-state index contributed by atoms with van der Waals surface area (Å²) in [5, 5.41) is 0.980. The number of nitrogens with zero attached hydrogens (tertiary/aromatic N) is 2. The molecule has 170 valence electrons. The number of halogens is 1. The monoisotopic (exact) mass is 465 g/mol. The van der Waals surface area contributed by atoms with Gasteiger partial charge in [-0.2, -0.15) is 0 Å². The number of carbonyl (C=O) groups excluding carboxylic acids is 1. The van der Waals surface area contributed by atoms with Crippen molar-refractivity contribution < 1.29 is 18.7 Å². The molecular weight excluding hydrogens is 441 g/mol. The molecule has 1 aromatic carbocycles. The molecule has 0 saturated carbocycles. The predicted molar refractivity (Wildman–Crippen MR) is 124 cm³/mol. The second-order valence-electron chi connectivity index (χ2n) is 9.13. The van der Waals surface area contributed by atoms with Gasteiger partial charge in [0.1, 0.15) is 17.1 Å². The number of aromatic nitrogens is 2. The van der Waals surface area contributed by atoms with Crippen molar-refractivity contribution in [2.45, 2.75) is 57.9 Å². The van der Waals surface area contributed by atoms with Gasteiger partial charge in [0.2, 0.25) is 0 Å². The Labute approximate surface area is 195 Å². The molecule has 0 saturated heterocycles. The van der Waals surface area contributed by atoms with Crippen molar-refractivity contribution in [1.29, 1.82) is 0 Å². The van der Waals surface area contributed by atoms with Gasteiger partial charge in [0, 0.05) is 41.3 Å². The van der Waals surface area contributed by atoms with E-state index in [0.717, 1.165) is 57.4 Å². The number of fused-ring (bicyclic) bond motifs is 5. The standard InChI is InChI=1S/C25H24FN3O3S/c1-4-25(31-3)15-7-19-22-13(9-29(19)23(33)14(15)10-32-24(25)30)20-17(27)6-5-12-11(2)16(26)8-18(28-22)21(12)20/h7-8,17H,4-6,9-10,27H2,1-3H3/t17?,25-/m0/s1. The Bertz CT molecular complexity index is 1460. The van der Waals surface area contributed by atoms with Gasteiger partial charge in [0.05, 0.1) is 23.4 Å². The summed E-state index contributed by atoms with van der Waals surface area (Å²) in [6.07, 6.45) is 1.91. The number of hydrogen-bond donors (Lipinski definition) is 1. The highest BCUT2D eigenvalue weighted by atomic mass is 32.1. The summed E-state index contributed by atoms with van der Waals surface area (Å²) in [4.78, 5) is 17.7. The van der Waals surface area contributed by atoms with Gasteiger partial charge in [-0.1, -0.05) is 19.1 Å². The highest BCUT2D eigenvalue weighted by Gasteiger charge is 2.47. The van der Waals surface area contributed by atoms with Crippen LogP contribution in [0.5, 0.6) is 0 Å². The summed E-state index contributed by atoms with van der Waals surface area (Å²) >= 11 is 5.88. The average molecular weight is 466 g/mol. The molecule has 4 heterocycles. The molecule has 0 bridgehead atoms. The Morgan fingerprint density at radius 2 is 2.15 bits per heavy atom. The first kappa shape index (κ1) is 20.9. The van der Waals surface area contributed by atoms with Crippen LogP contribution in [0.3, 0.4) is 0 Å². The lowest BCUT2D eigenvalue weighted by atomic mass is 9.82. The number of carbonyl (C=O) groups is 1. The van der Waals surface area contributed by atoms with E-state index >= 15 is 0 Å². The fourth-order valence-corrected chi connectivity index (χ4v) is 6.25. The van der Waals surface area contributed by atoms with Crippen LogP contribution in [-0.4, -0.2) is 22.6 Å². The van der Waals surface area contributed by atoms with E-state index in [2.05, 4.69) is 0 Å². The molecule has 0 radical (unpaired) electrons. The molecule has 2 atom stereocenters. The number of esters is 1. The number of cyclic esters (lactones) is 1. The molecule has 1 unspecified atom stereocenters. The molecule has 6 rings (SSSR count). The lowest BCUT2D eigenvalue weighted by Crippen LogP contribution is -2.43. The first-order chi connectivity index (χ1) is 15.8. The smallest absolute Gasteiger partial charge is 0.343 e. The van der Waals surface area contributed by atoms with Gasteiger partial charge in [-0.15, -0.1) is 0 Å². The Kier molecular flexibility index (Phi) is 4.38. The highest BCUT2D eigenvalue weighted by Crippen LogP contribution is 2.47. The Hall–Kier alpha value is -2.68. The largest absolute Gasteiger partial charge is 0.458 e. The normalized spacial score (nSPS) is 22.7. The van der Waals surface area contributed by atoms with Crippen LogP contribution >= 0.6 is 12.2 Å². The Morgan fingerprint density at radius 3 is 2.88 bits per heavy atom. The lowest BCUT2D eigenvalue weighted by molar-refractivity contribution is -0.176. The maximum absolute atomic E-state index is 14.8. The SMILES string of the molecule is CC[C@@]1(OC)C(=O)OCc2c1cc1n(c2=S)Cc2c-1nc1cc(F)c(C)c3c1c2C(N)CC3. The van der Waals surface area contributed by atoms with E-state index in [-0.39, 0.29) is 18.5 Å². The van der Waals surface area contributed by atoms with E-state index in [1.807, 2.05) is 24.5 Å². The number of methoxy groups -OCH3 is 1. The maximum Gasteiger partial charge on any atom is 0.343 e. The van der Waals surface area contributed by atoms with Crippen molar-refractivity contribution in [3.63, 3.8) is 0 Å². The third-order valence-corrected chi connectivity index (χ3v) is 8.21. The quantitative estimate of drug-likeness (QED) is 0.347. The number of pyridine rings is 2. The van der Waals surface area contributed by atoms with Crippen LogP contribution in [0.2, 0.25) is 0 Å². The first-order valence-electron chi connectivity index (χ1n) is 11.2. The summed E-state index contributed by atoms with van der Waals surface area (Å²) in [6.45, 7) is 4.37. The van der Waals surface area contributed by atoms with Crippen molar-refractivity contribution in [3.05, 3.63) is 56.0 Å². The van der Waals surface area contributed by atoms with Gasteiger partial charge >= 0.3 is 5.97 Å². The number of benzene rings is 1. The molecule has 2 aliphatic heterocycles. The van der Waals surface area contributed by atoms with Gasteiger partial charge in [0.25, 0.3) is 0 Å². The van der Waals surface area contributed by atoms with Crippen LogP contribution in [0, 0.1) is 17.4 Å². The summed E-state index contributed by atoms with van der Waals surface area (Å²) in [6, 6.07) is 3.31. The van der Waals surface area contributed by atoms with Gasteiger partial charge in [-0.05, 0) is 48.9 Å². The molecule has 1 aliphatic carbocycles. The highest BCUT2D eigenvalue weighted by molar-refractivity contribution is 7.71. The Morgan fingerprint density at radius 1 is 1.36 bits per heavy atom. The molecule has 0 spiro atoms. The Balaban J connectivity index is 1.70. The predicted octanol–water partition coefficient (Wildman–Crippen LogP) is 4.50. The zero-order chi connectivity index (χ0) is 23.2. The second-order valence-corrected chi connectivity index (χ2v) is 9.51. The summed E-state index contributed by atoms with van der Waals surface area (Å²) in [5.41, 5.74) is 12.8. The zero-order valence-electron chi connectivity index (χ0n) is 18.8. The number of aryl methyl sites for hydroxylation is 1. The molecule has 8 heteroatoms. The minimum Gasteiger partial charge on any atom is -0.458 e. The zero-order valence-corrected chi connectivity index (χ0v) is 19.6. The molecular formula is C25H24FN3O3S. The molecule has 0 fully saturated rings. The van der Waals surface area contributed by atoms with E-state index < -0.39 is 11.6 Å². The van der Waals surface area contributed by atoms with Crippen molar-refractivity contribution >= 4 is 29.1 Å². The van der Waals surface area contributed by atoms with Crippen molar-refractivity contribution in [3.8, 4) is 11.4 Å². The van der Waals surface area contributed by atoms with Gasteiger partial charge < -0.3 is 19.8 Å². The third kappa shape index (κ3) is 2.51. The van der Waals surface area contributed by atoms with Crippen molar-refractivity contribution in [2.75, 3.05) is 7.11 Å². The molecule has 33 heavy (non-hydrogen) atoms. The van der Waals surface area contributed by atoms with Gasteiger partial charge in [-0.3, -0.25) is 0 Å². The van der Waals surface area contributed by atoms with Crippen LogP contribution in [-0.2, 0) is 39.4 Å². The summed E-state index contributed by atoms with van der Waals surface area (Å²) < 4.78 is 28.6. The number of rotatable bonds is 2. The summed E-state index contributed by atoms with van der Waals surface area (Å²) in [7, 11) is 1.51. The minimum absolute atomic E-state index is 0.116. The van der Waals surface area contributed by atoms with E-state index in [9.17, 15) is 9.18 Å². The van der Waals surface area contributed by atoms with Crippen LogP contribution in [0.4, 0.5) is 4.39 Å². The molecule has 0 amide bonds. The minimum atomic E-state index is -1.21. The van der Waals surface area contributed by atoms with E-state index in [1.165, 1.54) is 13.2 Å². The van der Waals surface area contributed by atoms with Crippen LogP contribution < -0.4 is 5.73 Å². The molecule has 6 nitrogen and oxygen atoms in total. The van der Waals surface area contributed by atoms with Crippen LogP contribution in [0.15, 0.2) is 12.1 Å². The molecule has 3 aliphatic rings. The van der Waals surface area contributed by atoms with Crippen LogP contribution in [0.1, 0.15) is 59.2 Å². The maximum atomic E-state index is 14.8. The van der Waals surface area contributed by atoms with E-state index in [0.29, 0.717) is 28.7 Å². The fraction of sp³-hybridized carbons (Fsp3) is 0.400. The van der Waals surface area contributed by atoms with Crippen molar-refractivity contribution in [2.24, 2.45) is 5.73 Å². The van der Waals surface area contributed by atoms with E-state index in [1.54, 1.807) is 0 Å². The van der Waals surface area contributed by atoms with Crippen LogP contribution in [0.25, 0.3) is 22.3 Å². The number of nitrogens with two attached hydrogens (primary N) is 1. The first-order valence-corrected chi connectivity index (χ1v) is 11.6. The average Bonchev–Trinajstić information content (AvgIpc) is 3.17. The number of hydrogen-bond acceptors (Lipinski definition) is 6. The van der Waals surface area contributed by atoms with Gasteiger partial charge in [0.15, 0.2) is 5.60 Å². The lowest BCUT2D eigenvalue weighted by Gasteiger charge is -2.35. The molecule has 3 aromatic rings. The van der Waals surface area contributed by atoms with Gasteiger partial charge in [-0.25, -0.2) is 14.2 Å². The molecule has 2 N–H and O–H groups in total. The second kappa shape index (κ2) is 6.91. The molecule has 2 aromatic heterocycles. The fourth-order valence-electron chi connectivity index (χ4n) is 5.92. The number of ether oxygens (including phenoxy) is 2. The van der Waals surface area contributed by atoms with Crippen molar-refractivity contribution in [1.82, 2.24) is 9.55 Å². The third-order valence-electron chi connectivity index (χ3n) is 7.74. The summed E-state index contributed by atoms with van der Waals surface area (Å²) in [5.74, 6) is -0.665.